The highest BCUT2D eigenvalue weighted by Crippen LogP contribution is 2.22. The first-order valence-electron chi connectivity index (χ1n) is 7.58. The summed E-state index contributed by atoms with van der Waals surface area (Å²) >= 11 is 6.32. The molecule has 0 saturated heterocycles. The van der Waals surface area contributed by atoms with E-state index in [2.05, 4.69) is 41.0 Å². The van der Waals surface area contributed by atoms with Crippen LogP contribution in [-0.4, -0.2) is 11.5 Å². The fraction of sp³-hybridized carbons (Fsp3) is 0.105. The van der Waals surface area contributed by atoms with Crippen molar-refractivity contribution in [1.82, 2.24) is 10.6 Å². The van der Waals surface area contributed by atoms with Crippen LogP contribution in [0, 0.1) is 0 Å². The summed E-state index contributed by atoms with van der Waals surface area (Å²) in [5, 5.41) is 8.84. The Morgan fingerprint density at radius 2 is 1.57 bits per heavy atom. The van der Waals surface area contributed by atoms with Crippen LogP contribution < -0.4 is 10.6 Å². The molecule has 3 aromatic rings. The van der Waals surface area contributed by atoms with Crippen LogP contribution >= 0.6 is 11.6 Å². The molecule has 3 aromatic carbocycles. The Hall–Kier alpha value is -2.36. The van der Waals surface area contributed by atoms with Gasteiger partial charge in [0.25, 0.3) is 0 Å². The molecule has 0 spiro atoms. The second-order valence-corrected chi connectivity index (χ2v) is 5.96. The quantitative estimate of drug-likeness (QED) is 0.553. The molecule has 1 aliphatic heterocycles. The summed E-state index contributed by atoms with van der Waals surface area (Å²) in [7, 11) is 0. The Bertz CT molecular complexity index is 861. The number of amidine groups is 1. The van der Waals surface area contributed by atoms with Crippen molar-refractivity contribution in [2.24, 2.45) is 4.99 Å². The van der Waals surface area contributed by atoms with Crippen LogP contribution in [0.4, 0.5) is 0 Å². The molecule has 3 nitrogen and oxygen atoms in total. The molecule has 0 aliphatic carbocycles. The van der Waals surface area contributed by atoms with E-state index in [1.54, 1.807) is 0 Å². The molecule has 1 aliphatic rings. The predicted molar refractivity (Wildman–Crippen MR) is 95.6 cm³/mol. The van der Waals surface area contributed by atoms with Gasteiger partial charge in [-0.1, -0.05) is 78.3 Å². The molecule has 2 atom stereocenters. The molecule has 0 amide bonds. The molecule has 0 aromatic heterocycles. The summed E-state index contributed by atoms with van der Waals surface area (Å²) in [6.45, 7) is 0. The van der Waals surface area contributed by atoms with E-state index in [4.69, 9.17) is 16.6 Å². The molecule has 114 valence electrons. The SMILES string of the molecule is ClC1NC(c2ccc3ccccc3c2)=NC(c2ccccc2)N1. The number of hydrogen-bond acceptors (Lipinski definition) is 3. The standard InChI is InChI=1S/C19H16ClN3/c20-19-22-17(14-7-2-1-3-8-14)21-18(23-19)16-11-10-13-6-4-5-9-15(13)12-16/h1-12,17,19,22H,(H,21,23). The lowest BCUT2D eigenvalue weighted by molar-refractivity contribution is 0.483. The number of alkyl halides is 1. The van der Waals surface area contributed by atoms with E-state index in [0.717, 1.165) is 17.0 Å². The van der Waals surface area contributed by atoms with Gasteiger partial charge in [0.2, 0.25) is 0 Å². The first-order chi connectivity index (χ1) is 11.3. The van der Waals surface area contributed by atoms with Gasteiger partial charge >= 0.3 is 0 Å². The first-order valence-corrected chi connectivity index (χ1v) is 8.02. The highest BCUT2D eigenvalue weighted by molar-refractivity contribution is 6.22. The minimum absolute atomic E-state index is 0.151. The average molecular weight is 322 g/mol. The topological polar surface area (TPSA) is 36.4 Å². The summed E-state index contributed by atoms with van der Waals surface area (Å²) in [6, 6.07) is 24.7. The number of benzene rings is 3. The van der Waals surface area contributed by atoms with Crippen LogP contribution in [0.2, 0.25) is 0 Å². The average Bonchev–Trinajstić information content (AvgIpc) is 2.61. The van der Waals surface area contributed by atoms with Crippen molar-refractivity contribution in [3.05, 3.63) is 83.9 Å². The Balaban J connectivity index is 1.74. The zero-order valence-electron chi connectivity index (χ0n) is 12.4. The molecule has 0 radical (unpaired) electrons. The third-order valence-corrected chi connectivity index (χ3v) is 4.20. The number of rotatable bonds is 2. The molecule has 1 heterocycles. The monoisotopic (exact) mass is 321 g/mol. The fourth-order valence-electron chi connectivity index (χ4n) is 2.80. The van der Waals surface area contributed by atoms with E-state index in [9.17, 15) is 0 Å². The van der Waals surface area contributed by atoms with E-state index < -0.39 is 0 Å². The van der Waals surface area contributed by atoms with E-state index in [0.29, 0.717) is 0 Å². The molecule has 2 unspecified atom stereocenters. The van der Waals surface area contributed by atoms with Crippen molar-refractivity contribution in [3.63, 3.8) is 0 Å². The van der Waals surface area contributed by atoms with Crippen molar-refractivity contribution in [1.29, 1.82) is 0 Å². The van der Waals surface area contributed by atoms with Gasteiger partial charge in [0, 0.05) is 5.56 Å². The summed E-state index contributed by atoms with van der Waals surface area (Å²) < 4.78 is 0. The van der Waals surface area contributed by atoms with Crippen LogP contribution in [0.25, 0.3) is 10.8 Å². The Labute approximate surface area is 140 Å². The van der Waals surface area contributed by atoms with Crippen molar-refractivity contribution >= 4 is 28.2 Å². The number of hydrogen-bond donors (Lipinski definition) is 2. The number of nitrogens with one attached hydrogen (secondary N) is 2. The normalized spacial score (nSPS) is 20.8. The summed E-state index contributed by atoms with van der Waals surface area (Å²) in [5.41, 5.74) is 1.77. The summed E-state index contributed by atoms with van der Waals surface area (Å²) in [5.74, 6) is 0.809. The van der Waals surface area contributed by atoms with Gasteiger partial charge < -0.3 is 5.32 Å². The minimum atomic E-state index is -0.362. The van der Waals surface area contributed by atoms with E-state index >= 15 is 0 Å². The zero-order valence-corrected chi connectivity index (χ0v) is 13.2. The molecule has 2 N–H and O–H groups in total. The van der Waals surface area contributed by atoms with Crippen LogP contribution in [-0.2, 0) is 0 Å². The van der Waals surface area contributed by atoms with Gasteiger partial charge in [-0.05, 0) is 22.4 Å². The molecule has 0 bridgehead atoms. The van der Waals surface area contributed by atoms with E-state index in [1.807, 2.05) is 42.5 Å². The van der Waals surface area contributed by atoms with E-state index in [1.165, 1.54) is 10.8 Å². The van der Waals surface area contributed by atoms with Crippen LogP contribution in [0.1, 0.15) is 17.3 Å². The number of fused-ring (bicyclic) bond motifs is 1. The summed E-state index contributed by atoms with van der Waals surface area (Å²) in [6.07, 6.45) is -0.151. The molecule has 23 heavy (non-hydrogen) atoms. The largest absolute Gasteiger partial charge is 0.342 e. The van der Waals surface area contributed by atoms with Gasteiger partial charge in [0.1, 0.15) is 12.0 Å². The second-order valence-electron chi connectivity index (χ2n) is 5.53. The fourth-order valence-corrected chi connectivity index (χ4v) is 3.03. The molecular weight excluding hydrogens is 306 g/mol. The highest BCUT2D eigenvalue weighted by atomic mass is 35.5. The number of halogens is 1. The molecular formula is C19H16ClN3. The van der Waals surface area contributed by atoms with Crippen molar-refractivity contribution < 1.29 is 0 Å². The number of aliphatic imine (C=N–C) groups is 1. The summed E-state index contributed by atoms with van der Waals surface area (Å²) in [4.78, 5) is 4.79. The lowest BCUT2D eigenvalue weighted by Crippen LogP contribution is -2.47. The van der Waals surface area contributed by atoms with Gasteiger partial charge in [-0.3, -0.25) is 5.32 Å². The van der Waals surface area contributed by atoms with Gasteiger partial charge in [0.15, 0.2) is 5.62 Å². The van der Waals surface area contributed by atoms with Crippen LogP contribution in [0.5, 0.6) is 0 Å². The van der Waals surface area contributed by atoms with Crippen LogP contribution in [0.3, 0.4) is 0 Å². The zero-order chi connectivity index (χ0) is 15.6. The maximum absolute atomic E-state index is 6.32. The van der Waals surface area contributed by atoms with Crippen LogP contribution in [0.15, 0.2) is 77.8 Å². The molecule has 4 heteroatoms. The lowest BCUT2D eigenvalue weighted by atomic mass is 10.1. The predicted octanol–water partition coefficient (Wildman–Crippen LogP) is 4.00. The maximum Gasteiger partial charge on any atom is 0.158 e. The van der Waals surface area contributed by atoms with Gasteiger partial charge in [-0.15, -0.1) is 0 Å². The second kappa shape index (κ2) is 6.03. The first kappa shape index (κ1) is 14.2. The molecule has 4 rings (SSSR count). The van der Waals surface area contributed by atoms with Crippen molar-refractivity contribution in [3.8, 4) is 0 Å². The Kier molecular flexibility index (Phi) is 3.74. The highest BCUT2D eigenvalue weighted by Gasteiger charge is 2.22. The maximum atomic E-state index is 6.32. The van der Waals surface area contributed by atoms with Gasteiger partial charge in [-0.25, -0.2) is 4.99 Å². The van der Waals surface area contributed by atoms with E-state index in [-0.39, 0.29) is 11.8 Å². The third-order valence-electron chi connectivity index (χ3n) is 3.96. The molecule has 0 saturated carbocycles. The minimum Gasteiger partial charge on any atom is -0.342 e. The van der Waals surface area contributed by atoms with Gasteiger partial charge in [-0.2, -0.15) is 0 Å². The van der Waals surface area contributed by atoms with Crippen molar-refractivity contribution in [2.75, 3.05) is 0 Å². The Morgan fingerprint density at radius 3 is 2.39 bits per heavy atom. The van der Waals surface area contributed by atoms with Crippen molar-refractivity contribution in [2.45, 2.75) is 11.8 Å². The molecule has 0 fully saturated rings. The van der Waals surface area contributed by atoms with Gasteiger partial charge in [0.05, 0.1) is 0 Å². The Morgan fingerprint density at radius 1 is 0.826 bits per heavy atom. The smallest absolute Gasteiger partial charge is 0.158 e. The lowest BCUT2D eigenvalue weighted by Gasteiger charge is -2.28. The number of nitrogens with zero attached hydrogens (tertiary/aromatic N) is 1. The third kappa shape index (κ3) is 2.93.